The molecule has 0 aliphatic carbocycles. The normalized spacial score (nSPS) is 13.3. The summed E-state index contributed by atoms with van der Waals surface area (Å²) in [5.41, 5.74) is 22.3. The molecule has 4 rings (SSSR count). The molecule has 49 heavy (non-hydrogen) atoms. The SMILES string of the molecule is CCCCCCCCC(c1ccc(N)cc1)c1ccc(C(CCCC)c2ccc(C(CCCCCCCC)c3ccc(N)cc3)cc2)cc1. The van der Waals surface area contributed by atoms with Gasteiger partial charge in [0.25, 0.3) is 0 Å². The first-order valence-corrected chi connectivity index (χ1v) is 19.9. The fourth-order valence-electron chi connectivity index (χ4n) is 7.62. The van der Waals surface area contributed by atoms with Crippen LogP contribution in [0.15, 0.2) is 97.1 Å². The second-order valence-electron chi connectivity index (χ2n) is 14.6. The first-order chi connectivity index (χ1) is 24.0. The molecule has 2 nitrogen and oxygen atoms in total. The Kier molecular flexibility index (Phi) is 16.8. The van der Waals surface area contributed by atoms with E-state index in [-0.39, 0.29) is 0 Å². The van der Waals surface area contributed by atoms with Gasteiger partial charge < -0.3 is 11.5 Å². The molecule has 0 aliphatic rings. The van der Waals surface area contributed by atoms with Crippen LogP contribution in [0.25, 0.3) is 0 Å². The molecule has 0 heterocycles. The van der Waals surface area contributed by atoms with Crippen LogP contribution in [0.2, 0.25) is 0 Å². The van der Waals surface area contributed by atoms with Crippen molar-refractivity contribution in [2.45, 2.75) is 148 Å². The zero-order chi connectivity index (χ0) is 34.7. The van der Waals surface area contributed by atoms with E-state index in [2.05, 4.69) is 118 Å². The summed E-state index contributed by atoms with van der Waals surface area (Å²) in [6.45, 7) is 6.89. The van der Waals surface area contributed by atoms with Crippen molar-refractivity contribution in [1.82, 2.24) is 0 Å². The minimum Gasteiger partial charge on any atom is -0.399 e. The molecule has 2 atom stereocenters. The summed E-state index contributed by atoms with van der Waals surface area (Å²) in [6.07, 6.45) is 21.9. The van der Waals surface area contributed by atoms with Crippen molar-refractivity contribution in [2.24, 2.45) is 0 Å². The summed E-state index contributed by atoms with van der Waals surface area (Å²) >= 11 is 0. The molecular formula is C47H66N2. The van der Waals surface area contributed by atoms with Crippen LogP contribution >= 0.6 is 0 Å². The Labute approximate surface area is 300 Å². The second kappa shape index (κ2) is 21.5. The molecule has 0 spiro atoms. The van der Waals surface area contributed by atoms with Crippen molar-refractivity contribution >= 4 is 11.4 Å². The van der Waals surface area contributed by atoms with Crippen LogP contribution in [0.4, 0.5) is 11.4 Å². The van der Waals surface area contributed by atoms with Gasteiger partial charge in [0.05, 0.1) is 0 Å². The van der Waals surface area contributed by atoms with Crippen LogP contribution in [-0.4, -0.2) is 0 Å². The van der Waals surface area contributed by atoms with Crippen LogP contribution in [0.3, 0.4) is 0 Å². The standard InChI is InChI=1S/C47H66N2/c1-4-7-10-12-14-16-19-46(41-29-33-43(48)34-30-41)39-25-21-37(22-26-39)45(18-9-6-3)38-23-27-40(28-24-38)47(20-17-15-13-11-8-5-2)42-31-35-44(49)36-32-42/h21-36,45-47H,4-20,48-49H2,1-3H3. The fraction of sp³-hybridized carbons (Fsp3) is 0.489. The third kappa shape index (κ3) is 12.4. The van der Waals surface area contributed by atoms with Gasteiger partial charge >= 0.3 is 0 Å². The van der Waals surface area contributed by atoms with Gasteiger partial charge in [0.2, 0.25) is 0 Å². The summed E-state index contributed by atoms with van der Waals surface area (Å²) in [6, 6.07) is 36.5. The molecule has 4 aromatic rings. The smallest absolute Gasteiger partial charge is 0.0314 e. The van der Waals surface area contributed by atoms with E-state index in [1.165, 1.54) is 143 Å². The van der Waals surface area contributed by atoms with Gasteiger partial charge in [-0.15, -0.1) is 0 Å². The van der Waals surface area contributed by atoms with E-state index in [1.54, 1.807) is 0 Å². The van der Waals surface area contributed by atoms with E-state index in [1.807, 2.05) is 0 Å². The van der Waals surface area contributed by atoms with Crippen LogP contribution in [-0.2, 0) is 0 Å². The number of benzene rings is 4. The Hall–Kier alpha value is -3.52. The molecule has 4 aromatic carbocycles. The Bertz CT molecular complexity index is 1310. The Balaban J connectivity index is 1.52. The highest BCUT2D eigenvalue weighted by atomic mass is 14.5. The third-order valence-electron chi connectivity index (χ3n) is 10.7. The molecule has 0 fully saturated rings. The van der Waals surface area contributed by atoms with Crippen LogP contribution in [0.1, 0.15) is 181 Å². The molecule has 0 saturated carbocycles. The maximum Gasteiger partial charge on any atom is 0.0314 e. The minimum absolute atomic E-state index is 0.408. The number of nitrogen functional groups attached to an aromatic ring is 2. The lowest BCUT2D eigenvalue weighted by atomic mass is 9.82. The lowest BCUT2D eigenvalue weighted by Gasteiger charge is -2.23. The van der Waals surface area contributed by atoms with Crippen molar-refractivity contribution in [3.05, 3.63) is 130 Å². The van der Waals surface area contributed by atoms with Gasteiger partial charge in [-0.2, -0.15) is 0 Å². The van der Waals surface area contributed by atoms with E-state index in [0.717, 1.165) is 11.4 Å². The highest BCUT2D eigenvalue weighted by Crippen LogP contribution is 2.37. The van der Waals surface area contributed by atoms with E-state index in [4.69, 9.17) is 11.5 Å². The van der Waals surface area contributed by atoms with Crippen molar-refractivity contribution in [3.8, 4) is 0 Å². The van der Waals surface area contributed by atoms with Crippen LogP contribution < -0.4 is 11.5 Å². The number of unbranched alkanes of at least 4 members (excludes halogenated alkanes) is 11. The molecule has 0 aliphatic heterocycles. The largest absolute Gasteiger partial charge is 0.399 e. The topological polar surface area (TPSA) is 52.0 Å². The van der Waals surface area contributed by atoms with Gasteiger partial charge in [-0.25, -0.2) is 0 Å². The molecule has 2 heteroatoms. The van der Waals surface area contributed by atoms with Gasteiger partial charge in [-0.05, 0) is 76.9 Å². The molecule has 2 unspecified atom stereocenters. The van der Waals surface area contributed by atoms with Gasteiger partial charge in [-0.1, -0.05) is 183 Å². The molecule has 0 saturated heterocycles. The molecule has 0 bridgehead atoms. The number of nitrogens with two attached hydrogens (primary N) is 2. The maximum absolute atomic E-state index is 6.08. The maximum atomic E-state index is 6.08. The van der Waals surface area contributed by atoms with Crippen LogP contribution in [0, 0.1) is 0 Å². The predicted molar refractivity (Wildman–Crippen MR) is 216 cm³/mol. The lowest BCUT2D eigenvalue weighted by Crippen LogP contribution is -2.06. The van der Waals surface area contributed by atoms with Crippen molar-refractivity contribution < 1.29 is 0 Å². The first kappa shape index (κ1) is 38.3. The van der Waals surface area contributed by atoms with Crippen molar-refractivity contribution in [2.75, 3.05) is 11.5 Å². The van der Waals surface area contributed by atoms with Gasteiger partial charge in [0.15, 0.2) is 0 Å². The van der Waals surface area contributed by atoms with E-state index < -0.39 is 0 Å². The molecule has 0 amide bonds. The molecule has 0 radical (unpaired) electrons. The highest BCUT2D eigenvalue weighted by Gasteiger charge is 2.19. The number of anilines is 2. The average Bonchev–Trinajstić information content (AvgIpc) is 3.13. The summed E-state index contributed by atoms with van der Waals surface area (Å²) in [5, 5.41) is 0. The predicted octanol–water partition coefficient (Wildman–Crippen LogP) is 13.9. The van der Waals surface area contributed by atoms with E-state index in [0.29, 0.717) is 17.8 Å². The van der Waals surface area contributed by atoms with Gasteiger partial charge in [0.1, 0.15) is 0 Å². The summed E-state index contributed by atoms with van der Waals surface area (Å²) < 4.78 is 0. The molecule has 264 valence electrons. The summed E-state index contributed by atoms with van der Waals surface area (Å²) in [5.74, 6) is 1.22. The molecule has 4 N–H and O–H groups in total. The third-order valence-corrected chi connectivity index (χ3v) is 10.7. The van der Waals surface area contributed by atoms with E-state index >= 15 is 0 Å². The van der Waals surface area contributed by atoms with E-state index in [9.17, 15) is 0 Å². The number of rotatable bonds is 23. The number of hydrogen-bond acceptors (Lipinski definition) is 2. The van der Waals surface area contributed by atoms with Gasteiger partial charge in [0, 0.05) is 29.1 Å². The Morgan fingerprint density at radius 1 is 0.306 bits per heavy atom. The number of hydrogen-bond donors (Lipinski definition) is 2. The zero-order valence-electron chi connectivity index (χ0n) is 31.1. The lowest BCUT2D eigenvalue weighted by molar-refractivity contribution is 0.568. The highest BCUT2D eigenvalue weighted by molar-refractivity contribution is 5.45. The average molecular weight is 659 g/mol. The molecular weight excluding hydrogens is 593 g/mol. The van der Waals surface area contributed by atoms with Gasteiger partial charge in [-0.3, -0.25) is 0 Å². The Morgan fingerprint density at radius 2 is 0.531 bits per heavy atom. The monoisotopic (exact) mass is 659 g/mol. The zero-order valence-corrected chi connectivity index (χ0v) is 31.1. The summed E-state index contributed by atoms with van der Waals surface area (Å²) in [7, 11) is 0. The molecule has 0 aromatic heterocycles. The van der Waals surface area contributed by atoms with Crippen molar-refractivity contribution in [3.63, 3.8) is 0 Å². The second-order valence-corrected chi connectivity index (χ2v) is 14.6. The summed E-state index contributed by atoms with van der Waals surface area (Å²) in [4.78, 5) is 0. The Morgan fingerprint density at radius 3 is 0.816 bits per heavy atom. The minimum atomic E-state index is 0.408. The van der Waals surface area contributed by atoms with Crippen molar-refractivity contribution in [1.29, 1.82) is 0 Å². The van der Waals surface area contributed by atoms with Crippen LogP contribution in [0.5, 0.6) is 0 Å². The fourth-order valence-corrected chi connectivity index (χ4v) is 7.62. The first-order valence-electron chi connectivity index (χ1n) is 19.9. The quantitative estimate of drug-likeness (QED) is 0.0615.